The van der Waals surface area contributed by atoms with Gasteiger partial charge in [-0.3, -0.25) is 4.57 Å². The summed E-state index contributed by atoms with van der Waals surface area (Å²) in [6, 6.07) is 6.56. The van der Waals surface area contributed by atoms with Crippen LogP contribution in [0.5, 0.6) is 0 Å². The summed E-state index contributed by atoms with van der Waals surface area (Å²) >= 11 is 0. The molecule has 3 heterocycles. The van der Waals surface area contributed by atoms with Crippen LogP contribution in [0.2, 0.25) is 0 Å². The van der Waals surface area contributed by atoms with Crippen molar-refractivity contribution in [2.24, 2.45) is 0 Å². The average Bonchev–Trinajstić information content (AvgIpc) is 2.77. The molecule has 3 saturated heterocycles. The molecular formula is C19H30FN3O4P+. The number of hydrogen-bond acceptors (Lipinski definition) is 4. The normalized spacial score (nSPS) is 24.9. The first kappa shape index (κ1) is 20.4. The molecule has 0 aliphatic carbocycles. The van der Waals surface area contributed by atoms with Gasteiger partial charge in [-0.15, -0.1) is 0 Å². The summed E-state index contributed by atoms with van der Waals surface area (Å²) in [7, 11) is -2.99. The first-order valence-electron chi connectivity index (χ1n) is 10.1. The molecule has 3 aliphatic heterocycles. The van der Waals surface area contributed by atoms with E-state index in [-0.39, 0.29) is 11.6 Å². The van der Waals surface area contributed by atoms with Gasteiger partial charge in [-0.05, 0) is 24.3 Å². The lowest BCUT2D eigenvalue weighted by Gasteiger charge is -2.47. The van der Waals surface area contributed by atoms with Crippen LogP contribution in [0.4, 0.5) is 4.39 Å². The lowest BCUT2D eigenvalue weighted by Crippen LogP contribution is -3.14. The molecule has 1 aromatic carbocycles. The van der Waals surface area contributed by atoms with Gasteiger partial charge in [0.2, 0.25) is 0 Å². The van der Waals surface area contributed by atoms with E-state index >= 15 is 0 Å². The molecule has 0 saturated carbocycles. The van der Waals surface area contributed by atoms with Crippen LogP contribution in [0.3, 0.4) is 0 Å². The SMILES string of the molecule is O=P([C@H](c1ccc(F)cc1)[NH+]1CCOCC1)(N1CCOCC1)N1CCOCC1. The summed E-state index contributed by atoms with van der Waals surface area (Å²) in [6.07, 6.45) is 0. The van der Waals surface area contributed by atoms with Gasteiger partial charge >= 0.3 is 0 Å². The zero-order valence-corrected chi connectivity index (χ0v) is 17.1. The summed E-state index contributed by atoms with van der Waals surface area (Å²) in [5.41, 5.74) is 0.930. The molecule has 3 aliphatic rings. The molecule has 156 valence electrons. The molecule has 0 amide bonds. The predicted molar refractivity (Wildman–Crippen MR) is 103 cm³/mol. The van der Waals surface area contributed by atoms with Crippen LogP contribution >= 0.6 is 7.44 Å². The fourth-order valence-corrected chi connectivity index (χ4v) is 8.18. The van der Waals surface area contributed by atoms with E-state index in [1.807, 2.05) is 0 Å². The topological polar surface area (TPSA) is 55.7 Å². The van der Waals surface area contributed by atoms with Crippen molar-refractivity contribution < 1.29 is 28.1 Å². The van der Waals surface area contributed by atoms with Gasteiger partial charge in [0, 0.05) is 31.7 Å². The van der Waals surface area contributed by atoms with Crippen LogP contribution in [0.1, 0.15) is 11.3 Å². The molecule has 0 radical (unpaired) electrons. The molecule has 28 heavy (non-hydrogen) atoms. The van der Waals surface area contributed by atoms with Crippen molar-refractivity contribution in [3.05, 3.63) is 35.6 Å². The quantitative estimate of drug-likeness (QED) is 0.713. The zero-order chi connectivity index (χ0) is 19.4. The Morgan fingerprint density at radius 2 is 1.29 bits per heavy atom. The summed E-state index contributed by atoms with van der Waals surface area (Å²) in [4.78, 5) is 1.25. The van der Waals surface area contributed by atoms with Gasteiger partial charge in [0.1, 0.15) is 18.9 Å². The van der Waals surface area contributed by atoms with Gasteiger partial charge in [-0.2, -0.15) is 0 Å². The summed E-state index contributed by atoms with van der Waals surface area (Å²) in [6.45, 7) is 7.83. The fraction of sp³-hybridized carbons (Fsp3) is 0.684. The molecule has 1 N–H and O–H groups in total. The highest BCUT2D eigenvalue weighted by atomic mass is 31.2. The van der Waals surface area contributed by atoms with Crippen molar-refractivity contribution in [2.45, 2.75) is 5.78 Å². The number of benzene rings is 1. The Hall–Kier alpha value is -0.860. The minimum absolute atomic E-state index is 0.242. The monoisotopic (exact) mass is 414 g/mol. The highest BCUT2D eigenvalue weighted by molar-refractivity contribution is 7.59. The second-order valence-electron chi connectivity index (χ2n) is 7.45. The molecule has 1 atom stereocenters. The Balaban J connectivity index is 1.76. The Labute approximate surface area is 165 Å². The lowest BCUT2D eigenvalue weighted by atomic mass is 10.2. The van der Waals surface area contributed by atoms with Gasteiger partial charge in [0.15, 0.2) is 5.78 Å². The van der Waals surface area contributed by atoms with Crippen LogP contribution in [0.25, 0.3) is 0 Å². The average molecular weight is 414 g/mol. The molecule has 3 fully saturated rings. The fourth-order valence-electron chi connectivity index (χ4n) is 4.41. The van der Waals surface area contributed by atoms with E-state index in [4.69, 9.17) is 14.2 Å². The first-order chi connectivity index (χ1) is 13.7. The molecule has 0 aromatic heterocycles. The van der Waals surface area contributed by atoms with Crippen LogP contribution in [-0.2, 0) is 18.8 Å². The predicted octanol–water partition coefficient (Wildman–Crippen LogP) is 0.597. The third-order valence-corrected chi connectivity index (χ3v) is 9.59. The third-order valence-electron chi connectivity index (χ3n) is 5.83. The number of hydrogen-bond donors (Lipinski definition) is 1. The number of quaternary nitrogens is 1. The van der Waals surface area contributed by atoms with Crippen molar-refractivity contribution in [3.8, 4) is 0 Å². The van der Waals surface area contributed by atoms with Crippen LogP contribution in [0, 0.1) is 5.82 Å². The number of nitrogens with one attached hydrogen (secondary N) is 1. The highest BCUT2D eigenvalue weighted by Gasteiger charge is 2.51. The van der Waals surface area contributed by atoms with Crippen LogP contribution in [-0.4, -0.2) is 88.3 Å². The lowest BCUT2D eigenvalue weighted by molar-refractivity contribution is -0.925. The first-order valence-corrected chi connectivity index (χ1v) is 11.8. The van der Waals surface area contributed by atoms with Crippen molar-refractivity contribution in [1.29, 1.82) is 0 Å². The number of halogens is 1. The smallest absolute Gasteiger partial charge is 0.277 e. The molecule has 7 nitrogen and oxygen atoms in total. The summed E-state index contributed by atoms with van der Waals surface area (Å²) in [5.74, 6) is -0.514. The van der Waals surface area contributed by atoms with E-state index in [1.165, 1.54) is 17.0 Å². The molecular weight excluding hydrogens is 384 g/mol. The molecule has 0 bridgehead atoms. The Bertz CT molecular complexity index is 652. The van der Waals surface area contributed by atoms with Crippen molar-refractivity contribution in [2.75, 3.05) is 78.9 Å². The van der Waals surface area contributed by atoms with Crippen molar-refractivity contribution in [1.82, 2.24) is 9.34 Å². The zero-order valence-electron chi connectivity index (χ0n) is 16.2. The van der Waals surface area contributed by atoms with E-state index < -0.39 is 7.44 Å². The number of ether oxygens (including phenoxy) is 3. The third kappa shape index (κ3) is 4.19. The molecule has 9 heteroatoms. The van der Waals surface area contributed by atoms with Crippen LogP contribution in [0.15, 0.2) is 24.3 Å². The van der Waals surface area contributed by atoms with Gasteiger partial charge in [-0.1, -0.05) is 0 Å². The largest absolute Gasteiger partial charge is 0.379 e. The Morgan fingerprint density at radius 1 is 0.821 bits per heavy atom. The van der Waals surface area contributed by atoms with E-state index in [1.54, 1.807) is 12.1 Å². The van der Waals surface area contributed by atoms with Gasteiger partial charge in [-0.25, -0.2) is 13.7 Å². The highest BCUT2D eigenvalue weighted by Crippen LogP contribution is 2.62. The van der Waals surface area contributed by atoms with Crippen LogP contribution < -0.4 is 4.90 Å². The van der Waals surface area contributed by atoms with Gasteiger partial charge in [0.05, 0.1) is 39.6 Å². The maximum absolute atomic E-state index is 15.0. The molecule has 0 spiro atoms. The van der Waals surface area contributed by atoms with Gasteiger partial charge in [0.25, 0.3) is 7.44 Å². The molecule has 4 rings (SSSR count). The summed E-state index contributed by atoms with van der Waals surface area (Å²) in [5, 5.41) is 0. The number of rotatable bonds is 5. The second kappa shape index (κ2) is 9.30. The van der Waals surface area contributed by atoms with E-state index in [0.717, 1.165) is 18.7 Å². The van der Waals surface area contributed by atoms with Crippen molar-refractivity contribution >= 4 is 7.44 Å². The Kier molecular flexibility index (Phi) is 6.78. The molecule has 1 aromatic rings. The minimum atomic E-state index is -2.99. The van der Waals surface area contributed by atoms with E-state index in [0.29, 0.717) is 65.8 Å². The van der Waals surface area contributed by atoms with E-state index in [2.05, 4.69) is 9.34 Å². The molecule has 0 unspecified atom stereocenters. The Morgan fingerprint density at radius 3 is 1.79 bits per heavy atom. The van der Waals surface area contributed by atoms with Crippen molar-refractivity contribution in [3.63, 3.8) is 0 Å². The standard InChI is InChI=1S/C19H29FN3O4P/c20-18-3-1-17(2-4-18)19(21-5-11-25-12-6-21)28(24,22-7-13-26-14-8-22)23-9-15-27-16-10-23/h1-4,19H,5-16H2/p+1/t19-/m1/s1. The second-order valence-corrected chi connectivity index (χ2v) is 10.3. The van der Waals surface area contributed by atoms with Gasteiger partial charge < -0.3 is 19.1 Å². The maximum Gasteiger partial charge on any atom is 0.277 e. The number of morpholine rings is 3. The van der Waals surface area contributed by atoms with E-state index in [9.17, 15) is 8.96 Å². The number of nitrogens with zero attached hydrogens (tertiary/aromatic N) is 2. The summed E-state index contributed by atoms with van der Waals surface area (Å²) < 4.78 is 49.6. The maximum atomic E-state index is 15.0. The minimum Gasteiger partial charge on any atom is -0.379 e.